The van der Waals surface area contributed by atoms with E-state index in [2.05, 4.69) is 25.0 Å². The van der Waals surface area contributed by atoms with Gasteiger partial charge in [0, 0.05) is 12.7 Å². The molecule has 2 heterocycles. The van der Waals surface area contributed by atoms with Crippen molar-refractivity contribution in [3.63, 3.8) is 0 Å². The molecular weight excluding hydrogens is 278 g/mol. The van der Waals surface area contributed by atoms with Gasteiger partial charge in [-0.15, -0.1) is 0 Å². The van der Waals surface area contributed by atoms with Gasteiger partial charge in [-0.2, -0.15) is 8.42 Å². The summed E-state index contributed by atoms with van der Waals surface area (Å²) in [6.07, 6.45) is 6.41. The lowest BCUT2D eigenvalue weighted by atomic mass is 10.4. The minimum absolute atomic E-state index is 0.0442. The van der Waals surface area contributed by atoms with Gasteiger partial charge in [0.25, 0.3) is 10.0 Å². The summed E-state index contributed by atoms with van der Waals surface area (Å²) in [4.78, 5) is 11.5. The van der Waals surface area contributed by atoms with Crippen molar-refractivity contribution in [3.05, 3.63) is 37.1 Å². The number of rotatable bonds is 6. The summed E-state index contributed by atoms with van der Waals surface area (Å²) >= 11 is 0. The van der Waals surface area contributed by atoms with Crippen LogP contribution in [0.5, 0.6) is 0 Å². The van der Waals surface area contributed by atoms with E-state index in [9.17, 15) is 8.42 Å². The molecule has 0 spiro atoms. The molecule has 2 rings (SSSR count). The molecule has 0 aliphatic carbocycles. The molecule has 106 valence electrons. The van der Waals surface area contributed by atoms with Gasteiger partial charge in [0.15, 0.2) is 5.03 Å². The summed E-state index contributed by atoms with van der Waals surface area (Å²) < 4.78 is 27.0. The highest BCUT2D eigenvalue weighted by Gasteiger charge is 2.20. The topological polar surface area (TPSA) is 96.9 Å². The van der Waals surface area contributed by atoms with Gasteiger partial charge in [0.2, 0.25) is 0 Å². The molecule has 2 N–H and O–H groups in total. The molecule has 0 bridgehead atoms. The lowest BCUT2D eigenvalue weighted by Gasteiger charge is -2.11. The summed E-state index contributed by atoms with van der Waals surface area (Å²) in [5.41, 5.74) is 0.762. The first-order valence-electron chi connectivity index (χ1n) is 6.10. The lowest BCUT2D eigenvalue weighted by molar-refractivity contribution is 0.598. The van der Waals surface area contributed by atoms with E-state index in [4.69, 9.17) is 0 Å². The van der Waals surface area contributed by atoms with Gasteiger partial charge in [-0.3, -0.25) is 4.72 Å². The zero-order valence-electron chi connectivity index (χ0n) is 10.9. The second-order valence-electron chi connectivity index (χ2n) is 4.02. The molecule has 0 amide bonds. The molecular formula is C12H15N5O2S. The van der Waals surface area contributed by atoms with Crippen LogP contribution in [0.4, 0.5) is 11.4 Å². The fraction of sp³-hybridized carbons (Fsp3) is 0.250. The van der Waals surface area contributed by atoms with E-state index in [1.807, 2.05) is 6.92 Å². The molecule has 0 saturated carbocycles. The maximum Gasteiger partial charge on any atom is 0.281 e. The number of anilines is 2. The van der Waals surface area contributed by atoms with Gasteiger partial charge in [0.1, 0.15) is 6.33 Å². The van der Waals surface area contributed by atoms with Crippen molar-refractivity contribution in [2.75, 3.05) is 16.6 Å². The standard InChI is InChI=1S/C12H15N5O2S/c1-2-5-15-11-4-3-6-16-12(11)20(18,19)17-10-7-13-9-14-8-10/h3-4,6-9,15,17H,2,5H2,1H3. The maximum atomic E-state index is 12.3. The van der Waals surface area contributed by atoms with E-state index in [1.165, 1.54) is 24.9 Å². The smallest absolute Gasteiger partial charge is 0.281 e. The van der Waals surface area contributed by atoms with E-state index in [0.717, 1.165) is 6.42 Å². The Morgan fingerprint density at radius 3 is 2.70 bits per heavy atom. The molecule has 2 aromatic rings. The second kappa shape index (κ2) is 6.29. The lowest BCUT2D eigenvalue weighted by Crippen LogP contribution is -2.17. The molecule has 0 saturated heterocycles. The molecule has 20 heavy (non-hydrogen) atoms. The Hall–Kier alpha value is -2.22. The Morgan fingerprint density at radius 1 is 1.25 bits per heavy atom. The van der Waals surface area contributed by atoms with Crippen molar-refractivity contribution in [2.24, 2.45) is 0 Å². The predicted molar refractivity (Wildman–Crippen MR) is 75.9 cm³/mol. The fourth-order valence-corrected chi connectivity index (χ4v) is 2.70. The van der Waals surface area contributed by atoms with Crippen LogP contribution in [0.1, 0.15) is 13.3 Å². The minimum Gasteiger partial charge on any atom is -0.383 e. The van der Waals surface area contributed by atoms with Crippen LogP contribution in [-0.2, 0) is 10.0 Å². The highest BCUT2D eigenvalue weighted by atomic mass is 32.2. The van der Waals surface area contributed by atoms with E-state index in [1.54, 1.807) is 12.1 Å². The molecule has 8 heteroatoms. The summed E-state index contributed by atoms with van der Waals surface area (Å²) in [7, 11) is -3.78. The SMILES string of the molecule is CCCNc1cccnc1S(=O)(=O)Nc1cncnc1. The molecule has 0 radical (unpaired) electrons. The highest BCUT2D eigenvalue weighted by Crippen LogP contribution is 2.20. The van der Waals surface area contributed by atoms with Crippen LogP contribution in [-0.4, -0.2) is 29.9 Å². The third-order valence-corrected chi connectivity index (χ3v) is 3.74. The van der Waals surface area contributed by atoms with E-state index in [-0.39, 0.29) is 5.03 Å². The minimum atomic E-state index is -3.78. The molecule has 2 aromatic heterocycles. The average molecular weight is 293 g/mol. The molecule has 0 aromatic carbocycles. The summed E-state index contributed by atoms with van der Waals surface area (Å²) in [6.45, 7) is 2.67. The molecule has 0 unspecified atom stereocenters. The molecule has 0 fully saturated rings. The number of sulfonamides is 1. The second-order valence-corrected chi connectivity index (χ2v) is 5.61. The normalized spacial score (nSPS) is 11.1. The first kappa shape index (κ1) is 14.2. The number of nitrogens with one attached hydrogen (secondary N) is 2. The quantitative estimate of drug-likeness (QED) is 0.837. The zero-order valence-corrected chi connectivity index (χ0v) is 11.8. The van der Waals surface area contributed by atoms with Crippen LogP contribution in [0.2, 0.25) is 0 Å². The van der Waals surface area contributed by atoms with Crippen LogP contribution in [0, 0.1) is 0 Å². The number of hydrogen-bond donors (Lipinski definition) is 2. The number of aromatic nitrogens is 3. The average Bonchev–Trinajstić information content (AvgIpc) is 2.46. The first-order valence-corrected chi connectivity index (χ1v) is 7.58. The third-order valence-electron chi connectivity index (χ3n) is 2.40. The molecule has 0 atom stereocenters. The number of hydrogen-bond acceptors (Lipinski definition) is 6. The van der Waals surface area contributed by atoms with Crippen molar-refractivity contribution in [1.82, 2.24) is 15.0 Å². The van der Waals surface area contributed by atoms with E-state index in [0.29, 0.717) is 17.9 Å². The van der Waals surface area contributed by atoms with Gasteiger partial charge in [0.05, 0.1) is 23.8 Å². The Bertz CT molecular complexity index is 661. The van der Waals surface area contributed by atoms with Crippen molar-refractivity contribution in [1.29, 1.82) is 0 Å². The molecule has 0 aliphatic rings. The first-order chi connectivity index (χ1) is 9.63. The third kappa shape index (κ3) is 3.41. The van der Waals surface area contributed by atoms with Gasteiger partial charge < -0.3 is 5.32 Å². The van der Waals surface area contributed by atoms with Crippen LogP contribution >= 0.6 is 0 Å². The molecule has 0 aliphatic heterocycles. The fourth-order valence-electron chi connectivity index (χ4n) is 1.55. The molecule has 7 nitrogen and oxygen atoms in total. The maximum absolute atomic E-state index is 12.3. The van der Waals surface area contributed by atoms with E-state index >= 15 is 0 Å². The zero-order chi connectivity index (χ0) is 14.4. The predicted octanol–water partition coefficient (Wildman–Crippen LogP) is 1.49. The summed E-state index contributed by atoms with van der Waals surface area (Å²) in [5, 5.41) is 3.00. The van der Waals surface area contributed by atoms with Crippen molar-refractivity contribution in [2.45, 2.75) is 18.4 Å². The Kier molecular flexibility index (Phi) is 4.46. The largest absolute Gasteiger partial charge is 0.383 e. The van der Waals surface area contributed by atoms with Crippen molar-refractivity contribution < 1.29 is 8.42 Å². The van der Waals surface area contributed by atoms with E-state index < -0.39 is 10.0 Å². The summed E-state index contributed by atoms with van der Waals surface area (Å²) in [5.74, 6) is 0. The summed E-state index contributed by atoms with van der Waals surface area (Å²) in [6, 6.07) is 3.36. The van der Waals surface area contributed by atoms with Gasteiger partial charge >= 0.3 is 0 Å². The Morgan fingerprint density at radius 2 is 2.00 bits per heavy atom. The van der Waals surface area contributed by atoms with Crippen LogP contribution in [0.25, 0.3) is 0 Å². The van der Waals surface area contributed by atoms with Gasteiger partial charge in [-0.1, -0.05) is 6.92 Å². The number of pyridine rings is 1. The Balaban J connectivity index is 2.30. The monoisotopic (exact) mass is 293 g/mol. The van der Waals surface area contributed by atoms with Gasteiger partial charge in [-0.25, -0.2) is 15.0 Å². The van der Waals surface area contributed by atoms with Crippen LogP contribution in [0.3, 0.4) is 0 Å². The Labute approximate surface area is 117 Å². The van der Waals surface area contributed by atoms with Crippen molar-refractivity contribution in [3.8, 4) is 0 Å². The van der Waals surface area contributed by atoms with Gasteiger partial charge in [-0.05, 0) is 18.6 Å². The number of nitrogens with zero attached hydrogens (tertiary/aromatic N) is 3. The van der Waals surface area contributed by atoms with Crippen LogP contribution < -0.4 is 10.0 Å². The van der Waals surface area contributed by atoms with Crippen LogP contribution in [0.15, 0.2) is 42.1 Å². The van der Waals surface area contributed by atoms with Crippen molar-refractivity contribution >= 4 is 21.4 Å². The highest BCUT2D eigenvalue weighted by molar-refractivity contribution is 7.92.